The summed E-state index contributed by atoms with van der Waals surface area (Å²) in [5.41, 5.74) is 6.34. The number of rotatable bonds is 2. The van der Waals surface area contributed by atoms with Gasteiger partial charge in [-0.05, 0) is 73.8 Å². The van der Waals surface area contributed by atoms with Gasteiger partial charge in [0.25, 0.3) is 0 Å². The second kappa shape index (κ2) is 6.89. The number of carbonyl (C=O) groups excluding carboxylic acids is 1. The zero-order valence-electron chi connectivity index (χ0n) is 15.1. The van der Waals surface area contributed by atoms with Crippen molar-refractivity contribution in [3.05, 3.63) is 29.2 Å². The highest BCUT2D eigenvalue weighted by atomic mass is 16.5. The van der Waals surface area contributed by atoms with Gasteiger partial charge in [-0.3, -0.25) is 4.90 Å². The molecule has 0 unspecified atom stereocenters. The Morgan fingerprint density at radius 2 is 1.77 bits per heavy atom. The molecule has 6 rings (SSSR count). The van der Waals surface area contributed by atoms with Crippen molar-refractivity contribution in [2.75, 3.05) is 24.6 Å². The molecule has 2 N–H and O–H groups in total. The first kappa shape index (κ1) is 17.3. The van der Waals surface area contributed by atoms with E-state index in [0.717, 1.165) is 23.4 Å². The number of fused-ring (bicyclic) bond motifs is 1. The topological polar surface area (TPSA) is 85.0 Å². The minimum absolute atomic E-state index is 0.372. The summed E-state index contributed by atoms with van der Waals surface area (Å²) in [6, 6.07) is 6.92. The number of carbonyl (C=O) groups is 1. The number of hydrogen-bond acceptors (Lipinski definition) is 4. The second-order valence-electron chi connectivity index (χ2n) is 8.51. The lowest BCUT2D eigenvalue weighted by atomic mass is 9.49. The Labute approximate surface area is 154 Å². The molecule has 0 radical (unpaired) electrons. The van der Waals surface area contributed by atoms with E-state index in [-0.39, 0.29) is 0 Å². The van der Waals surface area contributed by atoms with Crippen molar-refractivity contribution in [1.29, 1.82) is 0 Å². The summed E-state index contributed by atoms with van der Waals surface area (Å²) >= 11 is 0. The van der Waals surface area contributed by atoms with Crippen LogP contribution < -0.4 is 15.4 Å². The molecule has 4 fully saturated rings. The number of hydrogen-bond donors (Lipinski definition) is 1. The van der Waals surface area contributed by atoms with Crippen LogP contribution in [0.25, 0.3) is 0 Å². The van der Waals surface area contributed by atoms with Gasteiger partial charge in [-0.25, -0.2) is 4.79 Å². The van der Waals surface area contributed by atoms with Gasteiger partial charge in [0.05, 0.1) is 18.8 Å². The summed E-state index contributed by atoms with van der Waals surface area (Å²) in [6.45, 7) is 1.63. The molecule has 1 aromatic carbocycles. The summed E-state index contributed by atoms with van der Waals surface area (Å²) in [5.74, 6) is 3.57. The molecule has 26 heavy (non-hydrogen) atoms. The molecule has 0 atom stereocenters. The van der Waals surface area contributed by atoms with Gasteiger partial charge in [0, 0.05) is 0 Å². The molecule has 0 spiro atoms. The molecule has 0 saturated heterocycles. The van der Waals surface area contributed by atoms with Gasteiger partial charge in [0.2, 0.25) is 0 Å². The van der Waals surface area contributed by atoms with Gasteiger partial charge in [0.15, 0.2) is 0 Å². The van der Waals surface area contributed by atoms with Crippen LogP contribution >= 0.6 is 0 Å². The number of amides is 2. The molecule has 4 aliphatic carbocycles. The van der Waals surface area contributed by atoms with Crippen LogP contribution in [0.15, 0.2) is 29.4 Å². The molecular weight excluding hydrogens is 330 g/mol. The fraction of sp³-hybridized carbons (Fsp3) is 0.650. The lowest BCUT2D eigenvalue weighted by Gasteiger charge is -2.56. The summed E-state index contributed by atoms with van der Waals surface area (Å²) < 4.78 is 5.35. The molecule has 0 aromatic heterocycles. The Bertz CT molecular complexity index is 655. The van der Waals surface area contributed by atoms with Crippen LogP contribution in [0, 0.1) is 28.1 Å². The predicted octanol–water partition coefficient (Wildman–Crippen LogP) is 3.93. The summed E-state index contributed by atoms with van der Waals surface area (Å²) in [4.78, 5) is 23.0. The summed E-state index contributed by atoms with van der Waals surface area (Å²) in [5, 5.41) is 3.18. The predicted molar refractivity (Wildman–Crippen MR) is 100 cm³/mol. The first-order chi connectivity index (χ1) is 12.6. The Morgan fingerprint density at radius 3 is 2.35 bits per heavy atom. The van der Waals surface area contributed by atoms with Crippen LogP contribution in [0.3, 0.4) is 0 Å². The maximum Gasteiger partial charge on any atom is 0.319 e. The van der Waals surface area contributed by atoms with Crippen LogP contribution in [-0.4, -0.2) is 25.7 Å². The van der Waals surface area contributed by atoms with E-state index in [9.17, 15) is 9.70 Å². The van der Waals surface area contributed by atoms with E-state index in [1.165, 1.54) is 43.4 Å². The lowest BCUT2D eigenvalue weighted by Crippen LogP contribution is -2.47. The molecule has 6 nitrogen and oxygen atoms in total. The van der Waals surface area contributed by atoms with Gasteiger partial charge in [-0.2, -0.15) is 4.91 Å². The lowest BCUT2D eigenvalue weighted by molar-refractivity contribution is -0.0466. The molecule has 5 aliphatic rings. The third kappa shape index (κ3) is 3.29. The van der Waals surface area contributed by atoms with E-state index in [0.29, 0.717) is 30.9 Å². The Hall–Kier alpha value is -2.11. The third-order valence-electron chi connectivity index (χ3n) is 6.56. The monoisotopic (exact) mass is 357 g/mol. The van der Waals surface area contributed by atoms with Crippen molar-refractivity contribution in [2.24, 2.45) is 34.1 Å². The SMILES string of the molecule is NC(=O)N1CCOc2ccccc21.O=NCC12CC3CC(CC(C3)C1)C2. The molecular formula is C20H27N3O3. The number of benzene rings is 1. The Balaban J connectivity index is 0.000000129. The molecule has 4 bridgehead atoms. The highest BCUT2D eigenvalue weighted by molar-refractivity contribution is 5.92. The quantitative estimate of drug-likeness (QED) is 0.814. The molecule has 1 aromatic rings. The van der Waals surface area contributed by atoms with Crippen molar-refractivity contribution < 1.29 is 9.53 Å². The number of nitroso groups, excluding NO2 is 1. The summed E-state index contributed by atoms with van der Waals surface area (Å²) in [7, 11) is 0. The van der Waals surface area contributed by atoms with E-state index in [4.69, 9.17) is 10.5 Å². The van der Waals surface area contributed by atoms with Gasteiger partial charge in [-0.1, -0.05) is 17.3 Å². The largest absolute Gasteiger partial charge is 0.490 e. The molecule has 140 valence electrons. The van der Waals surface area contributed by atoms with Gasteiger partial charge in [0.1, 0.15) is 12.4 Å². The normalized spacial score (nSPS) is 33.5. The van der Waals surface area contributed by atoms with Crippen LogP contribution in [0.1, 0.15) is 38.5 Å². The molecule has 1 aliphatic heterocycles. The van der Waals surface area contributed by atoms with Crippen molar-refractivity contribution in [1.82, 2.24) is 0 Å². The number of nitrogens with two attached hydrogens (primary N) is 1. The van der Waals surface area contributed by atoms with Crippen LogP contribution in [0.5, 0.6) is 5.75 Å². The Morgan fingerprint density at radius 1 is 1.15 bits per heavy atom. The fourth-order valence-electron chi connectivity index (χ4n) is 6.02. The minimum Gasteiger partial charge on any atom is -0.490 e. The van der Waals surface area contributed by atoms with Crippen LogP contribution in [-0.2, 0) is 0 Å². The van der Waals surface area contributed by atoms with E-state index in [1.54, 1.807) is 0 Å². The van der Waals surface area contributed by atoms with E-state index < -0.39 is 6.03 Å². The number of para-hydroxylation sites is 2. The highest BCUT2D eigenvalue weighted by Crippen LogP contribution is 2.59. The van der Waals surface area contributed by atoms with E-state index in [1.807, 2.05) is 24.3 Å². The average Bonchev–Trinajstić information content (AvgIpc) is 2.60. The maximum atomic E-state index is 11.0. The van der Waals surface area contributed by atoms with Crippen LogP contribution in [0.4, 0.5) is 10.5 Å². The smallest absolute Gasteiger partial charge is 0.319 e. The molecule has 1 heterocycles. The zero-order chi connectivity index (χ0) is 18.1. The number of primary amides is 1. The third-order valence-corrected chi connectivity index (χ3v) is 6.56. The van der Waals surface area contributed by atoms with E-state index >= 15 is 0 Å². The van der Waals surface area contributed by atoms with Crippen LogP contribution in [0.2, 0.25) is 0 Å². The van der Waals surface area contributed by atoms with Gasteiger partial charge < -0.3 is 10.5 Å². The first-order valence-corrected chi connectivity index (χ1v) is 9.66. The number of anilines is 1. The van der Waals surface area contributed by atoms with Crippen molar-refractivity contribution in [2.45, 2.75) is 38.5 Å². The first-order valence-electron chi connectivity index (χ1n) is 9.66. The number of urea groups is 1. The second-order valence-corrected chi connectivity index (χ2v) is 8.51. The zero-order valence-corrected chi connectivity index (χ0v) is 15.1. The number of nitrogens with zero attached hydrogens (tertiary/aromatic N) is 2. The summed E-state index contributed by atoms with van der Waals surface area (Å²) in [6.07, 6.45) is 8.30. The highest BCUT2D eigenvalue weighted by Gasteiger charge is 2.50. The fourth-order valence-corrected chi connectivity index (χ4v) is 6.02. The van der Waals surface area contributed by atoms with Crippen molar-refractivity contribution in [3.8, 4) is 5.75 Å². The molecule has 2 amide bonds. The molecule has 4 saturated carbocycles. The minimum atomic E-state index is -0.434. The van der Waals surface area contributed by atoms with Gasteiger partial charge in [-0.15, -0.1) is 0 Å². The standard InChI is InChI=1S/C11H17NO.C9H10N2O2/c13-12-7-11-4-8-1-9(5-11)3-10(2-8)6-11;10-9(12)11-5-6-13-8-4-2-1-3-7(8)11/h8-10H,1-7H2;1-4H,5-6H2,(H2,10,12). The Kier molecular flexibility index (Phi) is 4.59. The van der Waals surface area contributed by atoms with Crippen molar-refractivity contribution >= 4 is 11.7 Å². The average molecular weight is 357 g/mol. The molecule has 6 heteroatoms. The van der Waals surface area contributed by atoms with E-state index in [2.05, 4.69) is 5.18 Å². The van der Waals surface area contributed by atoms with Gasteiger partial charge >= 0.3 is 6.03 Å². The van der Waals surface area contributed by atoms with Crippen molar-refractivity contribution in [3.63, 3.8) is 0 Å². The number of ether oxygens (including phenoxy) is 1. The maximum absolute atomic E-state index is 11.0.